The molecule has 6 aromatic carbocycles. The minimum atomic E-state index is 0.0159. The Morgan fingerprint density at radius 3 is 2.28 bits per heavy atom. The van der Waals surface area contributed by atoms with E-state index in [9.17, 15) is 0 Å². The van der Waals surface area contributed by atoms with Crippen LogP contribution >= 0.6 is 0 Å². The van der Waals surface area contributed by atoms with E-state index in [4.69, 9.17) is 9.40 Å². The van der Waals surface area contributed by atoms with Crippen molar-refractivity contribution in [3.05, 3.63) is 120 Å². The van der Waals surface area contributed by atoms with Gasteiger partial charge in [-0.25, -0.2) is 4.98 Å². The summed E-state index contributed by atoms with van der Waals surface area (Å²) >= 11 is 0. The second kappa shape index (κ2) is 9.81. The molecule has 0 saturated heterocycles. The van der Waals surface area contributed by atoms with Gasteiger partial charge in [0.15, 0.2) is 0 Å². The lowest BCUT2D eigenvalue weighted by atomic mass is 9.62. The van der Waals surface area contributed by atoms with Crippen molar-refractivity contribution in [2.45, 2.75) is 71.1 Å². The first kappa shape index (κ1) is 28.3. The number of fused-ring (bicyclic) bond motifs is 8. The molecule has 3 nitrogen and oxygen atoms in total. The van der Waals surface area contributed by atoms with E-state index in [0.717, 1.165) is 50.8 Å². The fourth-order valence-electron chi connectivity index (χ4n) is 8.36. The third-order valence-electron chi connectivity index (χ3n) is 11.0. The van der Waals surface area contributed by atoms with E-state index in [2.05, 4.69) is 149 Å². The zero-order valence-electron chi connectivity index (χ0n) is 28.1. The van der Waals surface area contributed by atoms with Crippen molar-refractivity contribution < 1.29 is 4.42 Å². The van der Waals surface area contributed by atoms with Crippen LogP contribution in [0, 0.1) is 0 Å². The summed E-state index contributed by atoms with van der Waals surface area (Å²) in [6.45, 7) is 14.3. The highest BCUT2D eigenvalue weighted by molar-refractivity contribution is 6.17. The van der Waals surface area contributed by atoms with E-state index >= 15 is 0 Å². The number of hydrogen-bond donors (Lipinski definition) is 0. The largest absolute Gasteiger partial charge is 0.455 e. The molecule has 0 N–H and O–H groups in total. The van der Waals surface area contributed by atoms with Crippen LogP contribution in [0.15, 0.2) is 108 Å². The molecule has 0 atom stereocenters. The third kappa shape index (κ3) is 4.08. The summed E-state index contributed by atoms with van der Waals surface area (Å²) in [5, 5.41) is 7.17. The zero-order chi connectivity index (χ0) is 32.2. The number of hydrogen-bond acceptors (Lipinski definition) is 2. The first-order chi connectivity index (χ1) is 22.6. The zero-order valence-corrected chi connectivity index (χ0v) is 28.1. The van der Waals surface area contributed by atoms with E-state index in [-0.39, 0.29) is 10.8 Å². The van der Waals surface area contributed by atoms with Crippen molar-refractivity contribution in [2.75, 3.05) is 0 Å². The fourth-order valence-corrected chi connectivity index (χ4v) is 8.36. The maximum Gasteiger partial charge on any atom is 0.149 e. The molecule has 0 fully saturated rings. The number of imidazole rings is 1. The summed E-state index contributed by atoms with van der Waals surface area (Å²) in [5.41, 5.74) is 10.6. The molecule has 1 aliphatic carbocycles. The topological polar surface area (TPSA) is 31.0 Å². The van der Waals surface area contributed by atoms with Crippen LogP contribution in [0.3, 0.4) is 0 Å². The predicted octanol–water partition coefficient (Wildman–Crippen LogP) is 12.4. The molecule has 1 aliphatic rings. The van der Waals surface area contributed by atoms with Gasteiger partial charge in [-0.05, 0) is 98.2 Å². The summed E-state index contributed by atoms with van der Waals surface area (Å²) < 4.78 is 9.36. The Kier molecular flexibility index (Phi) is 5.92. The summed E-state index contributed by atoms with van der Waals surface area (Å²) in [7, 11) is 0. The fraction of sp³-hybridized carbons (Fsp3) is 0.250. The van der Waals surface area contributed by atoms with Crippen LogP contribution in [0.25, 0.3) is 71.6 Å². The van der Waals surface area contributed by atoms with Crippen molar-refractivity contribution >= 4 is 54.5 Å². The SMILES string of the molecule is CC(C)c1ccc2c(c1-n1c(-c3cccc4c3oc3cc5c(ccc6ccccc65)cc34)nc3ccccc31)C(C)(C)CCC2(C)C. The smallest absolute Gasteiger partial charge is 0.149 e. The van der Waals surface area contributed by atoms with Crippen LogP contribution in [0.5, 0.6) is 0 Å². The number of rotatable bonds is 3. The Balaban J connectivity index is 1.39. The van der Waals surface area contributed by atoms with Crippen LogP contribution in [-0.2, 0) is 10.8 Å². The Labute approximate surface area is 275 Å². The van der Waals surface area contributed by atoms with Crippen LogP contribution in [0.4, 0.5) is 0 Å². The average Bonchev–Trinajstić information content (AvgIpc) is 3.63. The highest BCUT2D eigenvalue weighted by atomic mass is 16.3. The average molecular weight is 613 g/mol. The molecule has 3 heteroatoms. The molecule has 0 aliphatic heterocycles. The van der Waals surface area contributed by atoms with E-state index in [1.165, 1.54) is 50.3 Å². The first-order valence-corrected chi connectivity index (χ1v) is 17.1. The lowest BCUT2D eigenvalue weighted by molar-refractivity contribution is 0.331. The molecule has 0 saturated carbocycles. The van der Waals surface area contributed by atoms with Crippen molar-refractivity contribution in [3.63, 3.8) is 0 Å². The van der Waals surface area contributed by atoms with Crippen molar-refractivity contribution in [3.8, 4) is 17.1 Å². The van der Waals surface area contributed by atoms with Gasteiger partial charge < -0.3 is 4.42 Å². The Morgan fingerprint density at radius 2 is 1.43 bits per heavy atom. The second-order valence-electron chi connectivity index (χ2n) is 15.2. The molecule has 47 heavy (non-hydrogen) atoms. The highest BCUT2D eigenvalue weighted by Gasteiger charge is 2.40. The van der Waals surface area contributed by atoms with Crippen LogP contribution in [0.2, 0.25) is 0 Å². The first-order valence-electron chi connectivity index (χ1n) is 17.1. The molecular formula is C44H40N2O. The molecule has 2 aromatic heterocycles. The summed E-state index contributed by atoms with van der Waals surface area (Å²) in [6, 6.07) is 37.5. The van der Waals surface area contributed by atoms with Gasteiger partial charge in [0.2, 0.25) is 0 Å². The Hall–Kier alpha value is -4.89. The molecule has 8 aromatic rings. The van der Waals surface area contributed by atoms with Crippen LogP contribution in [0.1, 0.15) is 77.0 Å². The van der Waals surface area contributed by atoms with Gasteiger partial charge in [0.25, 0.3) is 0 Å². The van der Waals surface area contributed by atoms with Crippen molar-refractivity contribution in [1.82, 2.24) is 9.55 Å². The second-order valence-corrected chi connectivity index (χ2v) is 15.2. The molecule has 0 amide bonds. The molecular weight excluding hydrogens is 572 g/mol. The monoisotopic (exact) mass is 612 g/mol. The number of nitrogens with zero attached hydrogens (tertiary/aromatic N) is 2. The standard InChI is InChI=1S/C44H40N2O/c1-26(2)29-20-21-35-39(44(5,6)23-22-43(35,3)4)40(29)46-37-17-10-9-16-36(37)45-42(46)32-15-11-14-31-34-24-28-19-18-27-12-7-8-13-30(27)33(28)25-38(34)47-41(31)32/h7-21,24-26H,22-23H2,1-6H3. The van der Waals surface area contributed by atoms with Crippen molar-refractivity contribution in [2.24, 2.45) is 0 Å². The van der Waals surface area contributed by atoms with E-state index < -0.39 is 0 Å². The quantitative estimate of drug-likeness (QED) is 0.186. The van der Waals surface area contributed by atoms with Gasteiger partial charge in [-0.3, -0.25) is 4.57 Å². The molecule has 0 radical (unpaired) electrons. The van der Waals surface area contributed by atoms with Crippen LogP contribution < -0.4 is 0 Å². The molecule has 0 bridgehead atoms. The maximum absolute atomic E-state index is 6.89. The Bertz CT molecular complexity index is 2560. The minimum absolute atomic E-state index is 0.0159. The van der Waals surface area contributed by atoms with Gasteiger partial charge in [-0.15, -0.1) is 0 Å². The van der Waals surface area contributed by atoms with Gasteiger partial charge in [-0.2, -0.15) is 0 Å². The number of para-hydroxylation sites is 3. The van der Waals surface area contributed by atoms with Gasteiger partial charge >= 0.3 is 0 Å². The number of benzene rings is 6. The Morgan fingerprint density at radius 1 is 0.681 bits per heavy atom. The highest BCUT2D eigenvalue weighted by Crippen LogP contribution is 2.51. The lowest BCUT2D eigenvalue weighted by Crippen LogP contribution is -2.35. The summed E-state index contributed by atoms with van der Waals surface area (Å²) in [4.78, 5) is 5.41. The van der Waals surface area contributed by atoms with Gasteiger partial charge in [0.1, 0.15) is 17.0 Å². The van der Waals surface area contributed by atoms with E-state index in [1.54, 1.807) is 0 Å². The molecule has 232 valence electrons. The third-order valence-corrected chi connectivity index (χ3v) is 11.0. The van der Waals surface area contributed by atoms with Gasteiger partial charge in [-0.1, -0.05) is 114 Å². The van der Waals surface area contributed by atoms with E-state index in [0.29, 0.717) is 5.92 Å². The number of furan rings is 1. The molecule has 9 rings (SSSR count). The van der Waals surface area contributed by atoms with Crippen molar-refractivity contribution in [1.29, 1.82) is 0 Å². The maximum atomic E-state index is 6.89. The molecule has 2 heterocycles. The van der Waals surface area contributed by atoms with E-state index in [1.807, 2.05) is 0 Å². The minimum Gasteiger partial charge on any atom is -0.455 e. The van der Waals surface area contributed by atoms with Crippen LogP contribution in [-0.4, -0.2) is 9.55 Å². The number of aromatic nitrogens is 2. The molecule has 0 spiro atoms. The summed E-state index contributed by atoms with van der Waals surface area (Å²) in [5.74, 6) is 1.27. The van der Waals surface area contributed by atoms with Gasteiger partial charge in [0.05, 0.1) is 22.3 Å². The van der Waals surface area contributed by atoms with Gasteiger partial charge in [0, 0.05) is 10.8 Å². The normalized spacial score (nSPS) is 15.8. The summed E-state index contributed by atoms with van der Waals surface area (Å²) in [6.07, 6.45) is 2.32. The molecule has 0 unspecified atom stereocenters. The lowest BCUT2D eigenvalue weighted by Gasteiger charge is -2.44. The predicted molar refractivity (Wildman–Crippen MR) is 198 cm³/mol.